The van der Waals surface area contributed by atoms with Crippen LogP contribution >= 0.6 is 0 Å². The van der Waals surface area contributed by atoms with Crippen LogP contribution in [0.15, 0.2) is 59.4 Å². The number of hydrogen-bond donors (Lipinski definition) is 1. The van der Waals surface area contributed by atoms with Crippen LogP contribution in [0.3, 0.4) is 0 Å². The molecule has 0 spiro atoms. The lowest BCUT2D eigenvalue weighted by molar-refractivity contribution is -0.111. The number of nitrogens with zero attached hydrogens (tertiary/aromatic N) is 2. The second-order valence-corrected chi connectivity index (χ2v) is 5.29. The smallest absolute Gasteiger partial charge is 0.248 e. The van der Waals surface area contributed by atoms with E-state index in [-0.39, 0.29) is 5.91 Å². The van der Waals surface area contributed by atoms with Gasteiger partial charge in [0, 0.05) is 23.4 Å². The van der Waals surface area contributed by atoms with Crippen LogP contribution in [0.25, 0.3) is 17.5 Å². The first-order valence-corrected chi connectivity index (χ1v) is 7.76. The SMILES string of the molecule is COc1cc(C=CC(=O)Nc2cccc(-c3nnco3)c2)cc(OC)c1. The first-order chi connectivity index (χ1) is 12.7. The van der Waals surface area contributed by atoms with E-state index in [4.69, 9.17) is 13.9 Å². The Morgan fingerprint density at radius 3 is 2.54 bits per heavy atom. The van der Waals surface area contributed by atoms with E-state index in [9.17, 15) is 4.79 Å². The van der Waals surface area contributed by atoms with E-state index in [0.717, 1.165) is 11.1 Å². The fraction of sp³-hybridized carbons (Fsp3) is 0.105. The quantitative estimate of drug-likeness (QED) is 0.685. The van der Waals surface area contributed by atoms with Crippen molar-refractivity contribution in [3.05, 3.63) is 60.5 Å². The average Bonchev–Trinajstić information content (AvgIpc) is 3.21. The normalized spacial score (nSPS) is 10.7. The Kier molecular flexibility index (Phi) is 5.28. The van der Waals surface area contributed by atoms with Crippen molar-refractivity contribution in [1.29, 1.82) is 0 Å². The second-order valence-electron chi connectivity index (χ2n) is 5.29. The molecule has 1 amide bonds. The predicted octanol–water partition coefficient (Wildman–Crippen LogP) is 3.41. The van der Waals surface area contributed by atoms with Gasteiger partial charge in [-0.3, -0.25) is 4.79 Å². The van der Waals surface area contributed by atoms with Gasteiger partial charge < -0.3 is 19.2 Å². The highest BCUT2D eigenvalue weighted by molar-refractivity contribution is 6.02. The lowest BCUT2D eigenvalue weighted by Gasteiger charge is -2.06. The number of methoxy groups -OCH3 is 2. The molecule has 0 unspecified atom stereocenters. The third-order valence-corrected chi connectivity index (χ3v) is 3.54. The Labute approximate surface area is 150 Å². The summed E-state index contributed by atoms with van der Waals surface area (Å²) in [4.78, 5) is 12.2. The molecule has 7 heteroatoms. The molecule has 0 bridgehead atoms. The zero-order valence-electron chi connectivity index (χ0n) is 14.3. The summed E-state index contributed by atoms with van der Waals surface area (Å²) < 4.78 is 15.6. The molecule has 0 saturated heterocycles. The van der Waals surface area contributed by atoms with Crippen LogP contribution < -0.4 is 14.8 Å². The molecule has 0 radical (unpaired) electrons. The number of carbonyl (C=O) groups excluding carboxylic acids is 1. The molecule has 0 aliphatic heterocycles. The molecule has 2 aromatic carbocycles. The molecule has 1 N–H and O–H groups in total. The Hall–Kier alpha value is -3.61. The van der Waals surface area contributed by atoms with Crippen LogP contribution in [0.4, 0.5) is 5.69 Å². The van der Waals surface area contributed by atoms with Crippen LogP contribution in [0.2, 0.25) is 0 Å². The van der Waals surface area contributed by atoms with Gasteiger partial charge in [0.2, 0.25) is 18.2 Å². The lowest BCUT2D eigenvalue weighted by atomic mass is 10.1. The van der Waals surface area contributed by atoms with Gasteiger partial charge in [-0.2, -0.15) is 0 Å². The molecule has 0 atom stereocenters. The molecule has 26 heavy (non-hydrogen) atoms. The summed E-state index contributed by atoms with van der Waals surface area (Å²) >= 11 is 0. The van der Waals surface area contributed by atoms with E-state index in [2.05, 4.69) is 15.5 Å². The van der Waals surface area contributed by atoms with Gasteiger partial charge in [0.15, 0.2) is 0 Å². The van der Waals surface area contributed by atoms with Crippen LogP contribution in [0.1, 0.15) is 5.56 Å². The summed E-state index contributed by atoms with van der Waals surface area (Å²) in [5.74, 6) is 1.42. The maximum absolute atomic E-state index is 12.2. The standard InChI is InChI=1S/C19H17N3O4/c1-24-16-8-13(9-17(11-16)25-2)6-7-18(23)21-15-5-3-4-14(10-15)19-22-20-12-26-19/h3-12H,1-2H3,(H,21,23). The number of nitrogens with one attached hydrogen (secondary N) is 1. The molecular formula is C19H17N3O4. The largest absolute Gasteiger partial charge is 0.497 e. The highest BCUT2D eigenvalue weighted by Gasteiger charge is 2.06. The first-order valence-electron chi connectivity index (χ1n) is 7.76. The fourth-order valence-electron chi connectivity index (χ4n) is 2.31. The molecule has 1 heterocycles. The molecule has 0 fully saturated rings. The predicted molar refractivity (Wildman–Crippen MR) is 96.9 cm³/mol. The van der Waals surface area contributed by atoms with Gasteiger partial charge in [-0.25, -0.2) is 0 Å². The summed E-state index contributed by atoms with van der Waals surface area (Å²) in [6.07, 6.45) is 4.38. The highest BCUT2D eigenvalue weighted by atomic mass is 16.5. The minimum Gasteiger partial charge on any atom is -0.497 e. The third kappa shape index (κ3) is 4.27. The van der Waals surface area contributed by atoms with Crippen LogP contribution in [0, 0.1) is 0 Å². The summed E-state index contributed by atoms with van der Waals surface area (Å²) in [7, 11) is 3.15. The Balaban J connectivity index is 1.71. The number of benzene rings is 2. The van der Waals surface area contributed by atoms with E-state index >= 15 is 0 Å². The van der Waals surface area contributed by atoms with Gasteiger partial charge >= 0.3 is 0 Å². The summed E-state index contributed by atoms with van der Waals surface area (Å²) in [5, 5.41) is 10.3. The Morgan fingerprint density at radius 1 is 1.12 bits per heavy atom. The highest BCUT2D eigenvalue weighted by Crippen LogP contribution is 2.23. The molecular weight excluding hydrogens is 334 g/mol. The topological polar surface area (TPSA) is 86.5 Å². The Bertz CT molecular complexity index is 898. The first kappa shape index (κ1) is 17.2. The molecule has 3 rings (SSSR count). The van der Waals surface area contributed by atoms with E-state index in [0.29, 0.717) is 23.1 Å². The minimum atomic E-state index is -0.269. The molecule has 132 valence electrons. The van der Waals surface area contributed by atoms with E-state index in [1.165, 1.54) is 12.5 Å². The van der Waals surface area contributed by atoms with Crippen molar-refractivity contribution >= 4 is 17.7 Å². The Morgan fingerprint density at radius 2 is 1.88 bits per heavy atom. The van der Waals surface area contributed by atoms with E-state index < -0.39 is 0 Å². The maximum Gasteiger partial charge on any atom is 0.248 e. The van der Waals surface area contributed by atoms with E-state index in [1.54, 1.807) is 44.6 Å². The molecule has 0 aliphatic rings. The van der Waals surface area contributed by atoms with Gasteiger partial charge in [-0.05, 0) is 42.0 Å². The van der Waals surface area contributed by atoms with Crippen molar-refractivity contribution in [2.24, 2.45) is 0 Å². The van der Waals surface area contributed by atoms with Gasteiger partial charge in [0.25, 0.3) is 0 Å². The van der Waals surface area contributed by atoms with Crippen molar-refractivity contribution in [3.63, 3.8) is 0 Å². The van der Waals surface area contributed by atoms with Crippen LogP contribution in [-0.4, -0.2) is 30.3 Å². The zero-order chi connectivity index (χ0) is 18.4. The van der Waals surface area contributed by atoms with Crippen molar-refractivity contribution < 1.29 is 18.7 Å². The monoisotopic (exact) mass is 351 g/mol. The molecule has 1 aromatic heterocycles. The van der Waals surface area contributed by atoms with Crippen molar-refractivity contribution in [2.45, 2.75) is 0 Å². The average molecular weight is 351 g/mol. The zero-order valence-corrected chi connectivity index (χ0v) is 14.3. The number of ether oxygens (including phenoxy) is 2. The number of carbonyl (C=O) groups is 1. The van der Waals surface area contributed by atoms with Crippen molar-refractivity contribution in [3.8, 4) is 23.0 Å². The maximum atomic E-state index is 12.2. The minimum absolute atomic E-state index is 0.269. The van der Waals surface area contributed by atoms with Crippen LogP contribution in [0.5, 0.6) is 11.5 Å². The fourth-order valence-corrected chi connectivity index (χ4v) is 2.31. The van der Waals surface area contributed by atoms with Gasteiger partial charge in [0.05, 0.1) is 14.2 Å². The summed E-state index contributed by atoms with van der Waals surface area (Å²) in [5.41, 5.74) is 2.14. The third-order valence-electron chi connectivity index (χ3n) is 3.54. The number of amides is 1. The van der Waals surface area contributed by atoms with Gasteiger partial charge in [-0.15, -0.1) is 10.2 Å². The summed E-state index contributed by atoms with van der Waals surface area (Å²) in [6.45, 7) is 0. The molecule has 7 nitrogen and oxygen atoms in total. The van der Waals surface area contributed by atoms with E-state index in [1.807, 2.05) is 18.2 Å². The lowest BCUT2D eigenvalue weighted by Crippen LogP contribution is -2.07. The van der Waals surface area contributed by atoms with Crippen molar-refractivity contribution in [2.75, 3.05) is 19.5 Å². The second kappa shape index (κ2) is 7.98. The molecule has 3 aromatic rings. The molecule has 0 saturated carbocycles. The van der Waals surface area contributed by atoms with Crippen LogP contribution in [-0.2, 0) is 4.79 Å². The molecule has 0 aliphatic carbocycles. The summed E-state index contributed by atoms with van der Waals surface area (Å²) in [6, 6.07) is 12.5. The van der Waals surface area contributed by atoms with Gasteiger partial charge in [-0.1, -0.05) is 6.07 Å². The van der Waals surface area contributed by atoms with Gasteiger partial charge in [0.1, 0.15) is 11.5 Å². The number of rotatable bonds is 6. The number of hydrogen-bond acceptors (Lipinski definition) is 6. The number of anilines is 1. The number of aromatic nitrogens is 2. The van der Waals surface area contributed by atoms with Crippen molar-refractivity contribution in [1.82, 2.24) is 10.2 Å².